The van der Waals surface area contributed by atoms with E-state index in [1.165, 1.54) is 0 Å². The molecule has 0 spiro atoms. The Morgan fingerprint density at radius 2 is 2.07 bits per heavy atom. The molecular weight excluding hydrogens is 176 g/mol. The van der Waals surface area contributed by atoms with Crippen LogP contribution in [0.5, 0.6) is 0 Å². The highest BCUT2D eigenvalue weighted by atomic mass is 16.2. The molecule has 1 heterocycles. The molecule has 0 aromatic heterocycles. The summed E-state index contributed by atoms with van der Waals surface area (Å²) >= 11 is 0. The molecular formula is C11H22N2O. The van der Waals surface area contributed by atoms with Crippen molar-refractivity contribution in [1.29, 1.82) is 0 Å². The van der Waals surface area contributed by atoms with Gasteiger partial charge in [-0.2, -0.15) is 0 Å². The van der Waals surface area contributed by atoms with Gasteiger partial charge in [-0.3, -0.25) is 9.69 Å². The van der Waals surface area contributed by atoms with Crippen molar-refractivity contribution in [1.82, 2.24) is 9.80 Å². The SMILES string of the molecule is CCC(=O)N1CCCN(C(C)CC)C1. The Bertz CT molecular complexity index is 194. The topological polar surface area (TPSA) is 23.6 Å². The van der Waals surface area contributed by atoms with E-state index < -0.39 is 0 Å². The molecule has 1 aliphatic rings. The Balaban J connectivity index is 2.47. The molecule has 0 aromatic carbocycles. The predicted octanol–water partition coefficient (Wildman–Crippen LogP) is 1.69. The van der Waals surface area contributed by atoms with Gasteiger partial charge in [-0.1, -0.05) is 13.8 Å². The smallest absolute Gasteiger partial charge is 0.223 e. The summed E-state index contributed by atoms with van der Waals surface area (Å²) in [5.74, 6) is 0.290. The molecule has 14 heavy (non-hydrogen) atoms. The Hall–Kier alpha value is -0.570. The van der Waals surface area contributed by atoms with Crippen LogP contribution in [0.3, 0.4) is 0 Å². The lowest BCUT2D eigenvalue weighted by molar-refractivity contribution is -0.135. The molecule has 3 nitrogen and oxygen atoms in total. The Morgan fingerprint density at radius 3 is 2.64 bits per heavy atom. The van der Waals surface area contributed by atoms with Crippen LogP contribution in [0.4, 0.5) is 0 Å². The van der Waals surface area contributed by atoms with Gasteiger partial charge >= 0.3 is 0 Å². The highest BCUT2D eigenvalue weighted by Gasteiger charge is 2.22. The maximum absolute atomic E-state index is 11.5. The summed E-state index contributed by atoms with van der Waals surface area (Å²) in [4.78, 5) is 15.9. The van der Waals surface area contributed by atoms with Gasteiger partial charge in [0.1, 0.15) is 0 Å². The fourth-order valence-corrected chi connectivity index (χ4v) is 1.87. The van der Waals surface area contributed by atoms with E-state index in [-0.39, 0.29) is 5.91 Å². The van der Waals surface area contributed by atoms with Gasteiger partial charge in [0.25, 0.3) is 0 Å². The van der Waals surface area contributed by atoms with Gasteiger partial charge in [0.05, 0.1) is 6.67 Å². The third-order valence-corrected chi connectivity index (χ3v) is 3.10. The first-order valence-corrected chi connectivity index (χ1v) is 5.70. The van der Waals surface area contributed by atoms with Crippen molar-refractivity contribution < 1.29 is 4.79 Å². The highest BCUT2D eigenvalue weighted by Crippen LogP contribution is 2.12. The van der Waals surface area contributed by atoms with Crippen LogP contribution in [0, 0.1) is 0 Å². The molecule has 82 valence electrons. The lowest BCUT2D eigenvalue weighted by Gasteiger charge is -2.38. The van der Waals surface area contributed by atoms with Crippen LogP contribution in [0.15, 0.2) is 0 Å². The quantitative estimate of drug-likeness (QED) is 0.689. The van der Waals surface area contributed by atoms with Crippen LogP contribution in [-0.2, 0) is 4.79 Å². The second kappa shape index (κ2) is 5.35. The number of amides is 1. The summed E-state index contributed by atoms with van der Waals surface area (Å²) in [7, 11) is 0. The summed E-state index contributed by atoms with van der Waals surface area (Å²) in [6.07, 6.45) is 2.92. The maximum atomic E-state index is 11.5. The number of hydrogen-bond donors (Lipinski definition) is 0. The van der Waals surface area contributed by atoms with Crippen molar-refractivity contribution in [2.45, 2.75) is 46.1 Å². The van der Waals surface area contributed by atoms with E-state index in [0.29, 0.717) is 12.5 Å². The number of carbonyl (C=O) groups excluding carboxylic acids is 1. The molecule has 1 atom stereocenters. The molecule has 0 N–H and O–H groups in total. The van der Waals surface area contributed by atoms with Gasteiger partial charge in [0, 0.05) is 25.6 Å². The summed E-state index contributed by atoms with van der Waals surface area (Å²) in [6.45, 7) is 9.29. The van der Waals surface area contributed by atoms with Gasteiger partial charge in [0.2, 0.25) is 5.91 Å². The van der Waals surface area contributed by atoms with Crippen molar-refractivity contribution in [3.8, 4) is 0 Å². The molecule has 1 rings (SSSR count). The van der Waals surface area contributed by atoms with Gasteiger partial charge in [-0.15, -0.1) is 0 Å². The average Bonchev–Trinajstić information content (AvgIpc) is 2.27. The summed E-state index contributed by atoms with van der Waals surface area (Å²) in [6, 6.07) is 0.599. The molecule has 0 saturated carbocycles. The zero-order valence-corrected chi connectivity index (χ0v) is 9.62. The minimum atomic E-state index is 0.290. The van der Waals surface area contributed by atoms with E-state index in [2.05, 4.69) is 18.7 Å². The summed E-state index contributed by atoms with van der Waals surface area (Å²) < 4.78 is 0. The number of nitrogens with zero attached hydrogens (tertiary/aromatic N) is 2. The van der Waals surface area contributed by atoms with Crippen LogP contribution in [0.1, 0.15) is 40.0 Å². The molecule has 0 bridgehead atoms. The van der Waals surface area contributed by atoms with Crippen molar-refractivity contribution >= 4 is 5.91 Å². The van der Waals surface area contributed by atoms with E-state index in [0.717, 1.165) is 32.6 Å². The first-order chi connectivity index (χ1) is 6.69. The van der Waals surface area contributed by atoms with Gasteiger partial charge in [-0.25, -0.2) is 0 Å². The minimum absolute atomic E-state index is 0.290. The third kappa shape index (κ3) is 2.71. The Morgan fingerprint density at radius 1 is 1.36 bits per heavy atom. The van der Waals surface area contributed by atoms with Crippen LogP contribution >= 0.6 is 0 Å². The molecule has 1 aliphatic heterocycles. The zero-order chi connectivity index (χ0) is 10.6. The van der Waals surface area contributed by atoms with Crippen LogP contribution in [0.25, 0.3) is 0 Å². The maximum Gasteiger partial charge on any atom is 0.223 e. The van der Waals surface area contributed by atoms with Crippen LogP contribution < -0.4 is 0 Å². The van der Waals surface area contributed by atoms with Crippen molar-refractivity contribution in [3.05, 3.63) is 0 Å². The largest absolute Gasteiger partial charge is 0.330 e. The van der Waals surface area contributed by atoms with E-state index >= 15 is 0 Å². The van der Waals surface area contributed by atoms with Gasteiger partial charge < -0.3 is 4.90 Å². The monoisotopic (exact) mass is 198 g/mol. The first kappa shape index (κ1) is 11.5. The second-order valence-electron chi connectivity index (χ2n) is 4.08. The van der Waals surface area contributed by atoms with Crippen molar-refractivity contribution in [3.63, 3.8) is 0 Å². The fraction of sp³-hybridized carbons (Fsp3) is 0.909. The van der Waals surface area contributed by atoms with E-state index in [1.807, 2.05) is 11.8 Å². The molecule has 1 fully saturated rings. The first-order valence-electron chi connectivity index (χ1n) is 5.70. The molecule has 1 saturated heterocycles. The molecule has 1 amide bonds. The van der Waals surface area contributed by atoms with Gasteiger partial charge in [-0.05, 0) is 19.8 Å². The van der Waals surface area contributed by atoms with Gasteiger partial charge in [0.15, 0.2) is 0 Å². The Labute approximate surface area is 87.1 Å². The second-order valence-corrected chi connectivity index (χ2v) is 4.08. The zero-order valence-electron chi connectivity index (χ0n) is 9.62. The number of carbonyl (C=O) groups is 1. The molecule has 0 radical (unpaired) electrons. The van der Waals surface area contributed by atoms with Crippen molar-refractivity contribution in [2.75, 3.05) is 19.8 Å². The van der Waals surface area contributed by atoms with Crippen LogP contribution in [-0.4, -0.2) is 41.5 Å². The number of hydrogen-bond acceptors (Lipinski definition) is 2. The van der Waals surface area contributed by atoms with Crippen LogP contribution in [0.2, 0.25) is 0 Å². The molecule has 3 heteroatoms. The molecule has 1 unspecified atom stereocenters. The van der Waals surface area contributed by atoms with E-state index in [4.69, 9.17) is 0 Å². The standard InChI is InChI=1S/C11H22N2O/c1-4-10(3)12-7-6-8-13(9-12)11(14)5-2/h10H,4-9H2,1-3H3. The van der Waals surface area contributed by atoms with E-state index in [9.17, 15) is 4.79 Å². The minimum Gasteiger partial charge on any atom is -0.330 e. The molecule has 0 aliphatic carbocycles. The average molecular weight is 198 g/mol. The van der Waals surface area contributed by atoms with E-state index in [1.54, 1.807) is 0 Å². The lowest BCUT2D eigenvalue weighted by Crippen LogP contribution is -2.50. The number of rotatable bonds is 3. The molecule has 0 aromatic rings. The highest BCUT2D eigenvalue weighted by molar-refractivity contribution is 5.75. The predicted molar refractivity (Wildman–Crippen MR) is 57.9 cm³/mol. The summed E-state index contributed by atoms with van der Waals surface area (Å²) in [5, 5.41) is 0. The normalized spacial score (nSPS) is 20.9. The summed E-state index contributed by atoms with van der Waals surface area (Å²) in [5.41, 5.74) is 0. The van der Waals surface area contributed by atoms with Crippen molar-refractivity contribution in [2.24, 2.45) is 0 Å². The third-order valence-electron chi connectivity index (χ3n) is 3.10. The Kier molecular flexibility index (Phi) is 4.39. The lowest BCUT2D eigenvalue weighted by atomic mass is 10.2. The fourth-order valence-electron chi connectivity index (χ4n) is 1.87.